The lowest BCUT2D eigenvalue weighted by molar-refractivity contribution is 0.312. The molecule has 2 aromatic heterocycles. The Hall–Kier alpha value is -2.44. The van der Waals surface area contributed by atoms with Crippen LogP contribution < -0.4 is 15.4 Å². The molecule has 0 spiro atoms. The maximum atomic E-state index is 5.70. The third kappa shape index (κ3) is 3.53. The van der Waals surface area contributed by atoms with Gasteiger partial charge in [0.2, 0.25) is 11.9 Å². The molecule has 2 N–H and O–H groups in total. The summed E-state index contributed by atoms with van der Waals surface area (Å²) in [4.78, 5) is 18.4. The van der Waals surface area contributed by atoms with Crippen LogP contribution in [0.15, 0.2) is 24.5 Å². The number of hydrogen-bond donors (Lipinski definition) is 1. The van der Waals surface area contributed by atoms with Crippen molar-refractivity contribution in [1.82, 2.24) is 19.9 Å². The molecule has 0 bridgehead atoms. The van der Waals surface area contributed by atoms with Crippen molar-refractivity contribution in [2.45, 2.75) is 20.4 Å². The summed E-state index contributed by atoms with van der Waals surface area (Å²) in [5.41, 5.74) is 6.82. The summed E-state index contributed by atoms with van der Waals surface area (Å²) in [6, 6.07) is 4.16. The van der Waals surface area contributed by atoms with Gasteiger partial charge >= 0.3 is 6.01 Å². The Bertz CT molecular complexity index is 548. The summed E-state index contributed by atoms with van der Waals surface area (Å²) >= 11 is 0. The van der Waals surface area contributed by atoms with Crippen LogP contribution in [0.1, 0.15) is 19.4 Å². The van der Waals surface area contributed by atoms with E-state index in [9.17, 15) is 0 Å². The molecule has 7 heteroatoms. The van der Waals surface area contributed by atoms with Gasteiger partial charge < -0.3 is 15.4 Å². The molecule has 0 unspecified atom stereocenters. The molecule has 7 nitrogen and oxygen atoms in total. The minimum absolute atomic E-state index is 0.159. The summed E-state index contributed by atoms with van der Waals surface area (Å²) < 4.78 is 5.29. The van der Waals surface area contributed by atoms with Gasteiger partial charge in [0.25, 0.3) is 0 Å². The lowest BCUT2D eigenvalue weighted by Crippen LogP contribution is -2.25. The molecule has 2 rings (SSSR count). The normalized spacial score (nSPS) is 10.3. The highest BCUT2D eigenvalue weighted by Gasteiger charge is 2.12. The number of ether oxygens (including phenoxy) is 1. The van der Waals surface area contributed by atoms with E-state index >= 15 is 0 Å². The fourth-order valence-electron chi connectivity index (χ4n) is 1.73. The first-order valence-corrected chi connectivity index (χ1v) is 6.51. The second kappa shape index (κ2) is 6.65. The molecule has 20 heavy (non-hydrogen) atoms. The van der Waals surface area contributed by atoms with Crippen molar-refractivity contribution >= 4 is 11.9 Å². The zero-order valence-electron chi connectivity index (χ0n) is 11.7. The molecule has 0 amide bonds. The lowest BCUT2D eigenvalue weighted by atomic mass is 10.2. The van der Waals surface area contributed by atoms with Gasteiger partial charge in [-0.3, -0.25) is 4.98 Å². The molecule has 0 atom stereocenters. The molecule has 0 aliphatic rings. The van der Waals surface area contributed by atoms with Crippen LogP contribution in [0.5, 0.6) is 6.01 Å². The third-order valence-corrected chi connectivity index (χ3v) is 2.68. The van der Waals surface area contributed by atoms with Gasteiger partial charge in [-0.25, -0.2) is 0 Å². The fraction of sp³-hybridized carbons (Fsp3) is 0.385. The number of anilines is 2. The molecule has 0 saturated carbocycles. The monoisotopic (exact) mass is 274 g/mol. The van der Waals surface area contributed by atoms with Crippen molar-refractivity contribution in [3.8, 4) is 6.01 Å². The molecular weight excluding hydrogens is 256 g/mol. The summed E-state index contributed by atoms with van der Waals surface area (Å²) in [5, 5.41) is 0. The maximum absolute atomic E-state index is 5.70. The zero-order chi connectivity index (χ0) is 14.4. The summed E-state index contributed by atoms with van der Waals surface area (Å²) in [7, 11) is 0. The quantitative estimate of drug-likeness (QED) is 0.848. The average Bonchev–Trinajstić information content (AvgIpc) is 2.45. The first kappa shape index (κ1) is 14.0. The summed E-state index contributed by atoms with van der Waals surface area (Å²) in [6.45, 7) is 5.81. The van der Waals surface area contributed by atoms with Crippen molar-refractivity contribution in [3.63, 3.8) is 0 Å². The van der Waals surface area contributed by atoms with Crippen LogP contribution in [0.25, 0.3) is 0 Å². The lowest BCUT2D eigenvalue weighted by Gasteiger charge is -2.21. The smallest absolute Gasteiger partial charge is 0.323 e. The van der Waals surface area contributed by atoms with Gasteiger partial charge in [-0.1, -0.05) is 0 Å². The highest BCUT2D eigenvalue weighted by molar-refractivity contribution is 5.37. The maximum Gasteiger partial charge on any atom is 0.323 e. The predicted octanol–water partition coefficient (Wildman–Crippen LogP) is 1.27. The molecule has 106 valence electrons. The van der Waals surface area contributed by atoms with E-state index in [1.165, 1.54) is 0 Å². The fourth-order valence-corrected chi connectivity index (χ4v) is 1.73. The highest BCUT2D eigenvalue weighted by Crippen LogP contribution is 2.15. The van der Waals surface area contributed by atoms with E-state index in [0.29, 0.717) is 19.1 Å². The van der Waals surface area contributed by atoms with E-state index in [1.54, 1.807) is 12.4 Å². The largest absolute Gasteiger partial charge is 0.464 e. The van der Waals surface area contributed by atoms with Gasteiger partial charge in [0, 0.05) is 25.5 Å². The van der Waals surface area contributed by atoms with E-state index in [2.05, 4.69) is 19.9 Å². The molecule has 0 saturated heterocycles. The van der Waals surface area contributed by atoms with Crippen LogP contribution in [-0.2, 0) is 6.54 Å². The van der Waals surface area contributed by atoms with Crippen LogP contribution in [0.2, 0.25) is 0 Å². The number of nitrogens with zero attached hydrogens (tertiary/aromatic N) is 5. The molecular formula is C13H18N6O. The molecule has 0 radical (unpaired) electrons. The van der Waals surface area contributed by atoms with E-state index in [4.69, 9.17) is 10.5 Å². The van der Waals surface area contributed by atoms with E-state index in [1.807, 2.05) is 30.9 Å². The number of nitrogen functional groups attached to an aromatic ring is 1. The van der Waals surface area contributed by atoms with Gasteiger partial charge in [-0.15, -0.1) is 0 Å². The Labute approximate surface area is 117 Å². The third-order valence-electron chi connectivity index (χ3n) is 2.68. The van der Waals surface area contributed by atoms with Crippen LogP contribution in [0, 0.1) is 0 Å². The first-order chi connectivity index (χ1) is 9.72. The molecule has 0 fully saturated rings. The molecule has 0 aliphatic carbocycles. The van der Waals surface area contributed by atoms with E-state index in [-0.39, 0.29) is 12.0 Å². The number of nitrogens with two attached hydrogens (primary N) is 1. The number of rotatable bonds is 6. The van der Waals surface area contributed by atoms with Gasteiger partial charge in [0.1, 0.15) is 0 Å². The molecule has 0 aliphatic heterocycles. The molecule has 2 heterocycles. The van der Waals surface area contributed by atoms with Crippen LogP contribution >= 0.6 is 0 Å². The Morgan fingerprint density at radius 3 is 2.55 bits per heavy atom. The second-order valence-electron chi connectivity index (χ2n) is 4.08. The van der Waals surface area contributed by atoms with Crippen molar-refractivity contribution in [2.75, 3.05) is 23.8 Å². The minimum Gasteiger partial charge on any atom is -0.464 e. The number of aromatic nitrogens is 4. The minimum atomic E-state index is 0.159. The van der Waals surface area contributed by atoms with Gasteiger partial charge in [-0.05, 0) is 31.5 Å². The van der Waals surface area contributed by atoms with Crippen molar-refractivity contribution < 1.29 is 4.74 Å². The van der Waals surface area contributed by atoms with Crippen molar-refractivity contribution in [1.29, 1.82) is 0 Å². The highest BCUT2D eigenvalue weighted by atomic mass is 16.5. The van der Waals surface area contributed by atoms with Gasteiger partial charge in [0.05, 0.1) is 6.61 Å². The molecule has 2 aromatic rings. The van der Waals surface area contributed by atoms with Gasteiger partial charge in [0.15, 0.2) is 0 Å². The average molecular weight is 274 g/mol. The number of pyridine rings is 1. The Morgan fingerprint density at radius 2 is 1.90 bits per heavy atom. The van der Waals surface area contributed by atoms with E-state index in [0.717, 1.165) is 12.1 Å². The van der Waals surface area contributed by atoms with Crippen LogP contribution in [-0.4, -0.2) is 33.1 Å². The zero-order valence-corrected chi connectivity index (χ0v) is 11.7. The summed E-state index contributed by atoms with van der Waals surface area (Å²) in [6.07, 6.45) is 3.52. The SMILES string of the molecule is CCOc1nc(N)nc(N(CC)Cc2ccncc2)n1. The first-order valence-electron chi connectivity index (χ1n) is 6.51. The van der Waals surface area contributed by atoms with E-state index < -0.39 is 0 Å². The van der Waals surface area contributed by atoms with Crippen molar-refractivity contribution in [2.24, 2.45) is 0 Å². The topological polar surface area (TPSA) is 90.0 Å². The van der Waals surface area contributed by atoms with Crippen molar-refractivity contribution in [3.05, 3.63) is 30.1 Å². The number of hydrogen-bond acceptors (Lipinski definition) is 7. The second-order valence-corrected chi connectivity index (χ2v) is 4.08. The van der Waals surface area contributed by atoms with Crippen LogP contribution in [0.4, 0.5) is 11.9 Å². The Morgan fingerprint density at radius 1 is 1.15 bits per heavy atom. The standard InChI is InChI=1S/C13H18N6O/c1-3-19(9-10-5-7-15-8-6-10)12-16-11(14)17-13(18-12)20-4-2/h5-8H,3-4,9H2,1-2H3,(H2,14,16,17,18). The van der Waals surface area contributed by atoms with Gasteiger partial charge in [-0.2, -0.15) is 15.0 Å². The summed E-state index contributed by atoms with van der Waals surface area (Å²) in [5.74, 6) is 0.673. The Balaban J connectivity index is 2.22. The Kier molecular flexibility index (Phi) is 4.65. The predicted molar refractivity (Wildman–Crippen MR) is 76.4 cm³/mol. The van der Waals surface area contributed by atoms with Crippen LogP contribution in [0.3, 0.4) is 0 Å². The molecule has 0 aromatic carbocycles.